The molecule has 100 valence electrons. The minimum absolute atomic E-state index is 0.00376. The molecule has 0 saturated carbocycles. The molecule has 0 atom stereocenters. The van der Waals surface area contributed by atoms with E-state index in [1.807, 2.05) is 24.3 Å². The summed E-state index contributed by atoms with van der Waals surface area (Å²) in [7, 11) is 0. The highest BCUT2D eigenvalue weighted by molar-refractivity contribution is 9.10. The number of ether oxygens (including phenoxy) is 1. The fourth-order valence-corrected chi connectivity index (χ4v) is 1.87. The van der Waals surface area contributed by atoms with Gasteiger partial charge in [0.05, 0.1) is 19.6 Å². The molecule has 0 heterocycles. The predicted molar refractivity (Wildman–Crippen MR) is 73.4 cm³/mol. The lowest BCUT2D eigenvalue weighted by molar-refractivity contribution is -0.120. The van der Waals surface area contributed by atoms with Crippen LogP contribution < -0.4 is 5.32 Å². The Morgan fingerprint density at radius 1 is 1.33 bits per heavy atom. The molecule has 0 aliphatic heterocycles. The first-order chi connectivity index (χ1) is 8.74. The summed E-state index contributed by atoms with van der Waals surface area (Å²) in [5, 5.41) is 11.3. The van der Waals surface area contributed by atoms with Gasteiger partial charge in [-0.25, -0.2) is 0 Å². The minimum Gasteiger partial charge on any atom is -0.394 e. The standard InChI is InChI=1S/C13H18BrNO3/c14-12-5-2-1-4-11(12)10-13(17)15-6-3-8-18-9-7-16/h1-2,4-5,16H,3,6-10H2,(H,15,17). The van der Waals surface area contributed by atoms with Crippen LogP contribution in [-0.2, 0) is 16.0 Å². The highest BCUT2D eigenvalue weighted by atomic mass is 79.9. The third-order valence-electron chi connectivity index (χ3n) is 2.33. The zero-order chi connectivity index (χ0) is 13.2. The van der Waals surface area contributed by atoms with E-state index in [4.69, 9.17) is 9.84 Å². The van der Waals surface area contributed by atoms with Gasteiger partial charge in [-0.15, -0.1) is 0 Å². The highest BCUT2D eigenvalue weighted by Gasteiger charge is 2.05. The SMILES string of the molecule is O=C(Cc1ccccc1Br)NCCCOCCO. The maximum absolute atomic E-state index is 11.6. The van der Waals surface area contributed by atoms with E-state index >= 15 is 0 Å². The molecule has 4 nitrogen and oxygen atoms in total. The lowest BCUT2D eigenvalue weighted by Gasteiger charge is -2.07. The van der Waals surface area contributed by atoms with Crippen molar-refractivity contribution < 1.29 is 14.6 Å². The molecule has 1 aromatic rings. The number of aliphatic hydroxyl groups excluding tert-OH is 1. The van der Waals surface area contributed by atoms with Crippen LogP contribution in [0.4, 0.5) is 0 Å². The molecule has 0 fully saturated rings. The lowest BCUT2D eigenvalue weighted by atomic mass is 10.1. The van der Waals surface area contributed by atoms with E-state index in [0.717, 1.165) is 16.5 Å². The van der Waals surface area contributed by atoms with Crippen LogP contribution >= 0.6 is 15.9 Å². The molecular weight excluding hydrogens is 298 g/mol. The molecule has 1 amide bonds. The van der Waals surface area contributed by atoms with Gasteiger partial charge in [0.2, 0.25) is 5.91 Å². The summed E-state index contributed by atoms with van der Waals surface area (Å²) in [5.41, 5.74) is 0.978. The van der Waals surface area contributed by atoms with Crippen LogP contribution in [0.25, 0.3) is 0 Å². The zero-order valence-corrected chi connectivity index (χ0v) is 11.8. The van der Waals surface area contributed by atoms with Crippen molar-refractivity contribution in [2.75, 3.05) is 26.4 Å². The Balaban J connectivity index is 2.16. The molecule has 0 spiro atoms. The van der Waals surface area contributed by atoms with Gasteiger partial charge in [-0.2, -0.15) is 0 Å². The second kappa shape index (κ2) is 9.08. The summed E-state index contributed by atoms with van der Waals surface area (Å²) in [4.78, 5) is 11.6. The first kappa shape index (κ1) is 15.1. The predicted octanol–water partition coefficient (Wildman–Crippen LogP) is 1.51. The van der Waals surface area contributed by atoms with E-state index in [0.29, 0.717) is 26.2 Å². The third-order valence-corrected chi connectivity index (χ3v) is 3.11. The topological polar surface area (TPSA) is 58.6 Å². The van der Waals surface area contributed by atoms with Crippen molar-refractivity contribution in [3.8, 4) is 0 Å². The van der Waals surface area contributed by atoms with Crippen molar-refractivity contribution in [2.24, 2.45) is 0 Å². The van der Waals surface area contributed by atoms with E-state index in [9.17, 15) is 4.79 Å². The van der Waals surface area contributed by atoms with Crippen molar-refractivity contribution in [3.63, 3.8) is 0 Å². The lowest BCUT2D eigenvalue weighted by Crippen LogP contribution is -2.27. The molecule has 0 saturated heterocycles. The zero-order valence-electron chi connectivity index (χ0n) is 10.2. The number of nitrogens with one attached hydrogen (secondary N) is 1. The van der Waals surface area contributed by atoms with Gasteiger partial charge in [0.1, 0.15) is 0 Å². The molecule has 2 N–H and O–H groups in total. The van der Waals surface area contributed by atoms with Gasteiger partial charge in [0.25, 0.3) is 0 Å². The van der Waals surface area contributed by atoms with Crippen LogP contribution in [0.15, 0.2) is 28.7 Å². The second-order valence-electron chi connectivity index (χ2n) is 3.81. The molecule has 1 aromatic carbocycles. The fraction of sp³-hybridized carbons (Fsp3) is 0.462. The molecule has 0 radical (unpaired) electrons. The van der Waals surface area contributed by atoms with Gasteiger partial charge in [0.15, 0.2) is 0 Å². The van der Waals surface area contributed by atoms with E-state index in [1.54, 1.807) is 0 Å². The van der Waals surface area contributed by atoms with Gasteiger partial charge in [-0.1, -0.05) is 34.1 Å². The number of aliphatic hydroxyl groups is 1. The van der Waals surface area contributed by atoms with Crippen LogP contribution in [0.2, 0.25) is 0 Å². The van der Waals surface area contributed by atoms with Gasteiger partial charge in [-0.3, -0.25) is 4.79 Å². The average Bonchev–Trinajstić information content (AvgIpc) is 2.36. The number of hydrogen-bond donors (Lipinski definition) is 2. The molecule has 0 unspecified atom stereocenters. The van der Waals surface area contributed by atoms with Crippen LogP contribution in [0.5, 0.6) is 0 Å². The normalized spacial score (nSPS) is 10.3. The first-order valence-electron chi connectivity index (χ1n) is 5.92. The van der Waals surface area contributed by atoms with Crippen LogP contribution in [0, 0.1) is 0 Å². The van der Waals surface area contributed by atoms with Crippen molar-refractivity contribution >= 4 is 21.8 Å². The molecule has 1 rings (SSSR count). The van der Waals surface area contributed by atoms with Crippen molar-refractivity contribution in [1.82, 2.24) is 5.32 Å². The number of amides is 1. The Bertz CT molecular complexity index is 371. The van der Waals surface area contributed by atoms with Crippen LogP contribution in [0.1, 0.15) is 12.0 Å². The van der Waals surface area contributed by atoms with Crippen molar-refractivity contribution in [1.29, 1.82) is 0 Å². The summed E-state index contributed by atoms with van der Waals surface area (Å²) in [6.45, 7) is 1.53. The Labute approximate surface area is 115 Å². The third kappa shape index (κ3) is 6.14. The molecule has 18 heavy (non-hydrogen) atoms. The number of rotatable bonds is 8. The summed E-state index contributed by atoms with van der Waals surface area (Å²) < 4.78 is 6.04. The van der Waals surface area contributed by atoms with Gasteiger partial charge in [0, 0.05) is 17.6 Å². The van der Waals surface area contributed by atoms with Crippen LogP contribution in [0.3, 0.4) is 0 Å². The van der Waals surface area contributed by atoms with E-state index in [2.05, 4.69) is 21.2 Å². The van der Waals surface area contributed by atoms with Crippen molar-refractivity contribution in [2.45, 2.75) is 12.8 Å². The van der Waals surface area contributed by atoms with Crippen molar-refractivity contribution in [3.05, 3.63) is 34.3 Å². The molecule has 0 aliphatic rings. The number of carbonyl (C=O) groups excluding carboxylic acids is 1. The summed E-state index contributed by atoms with van der Waals surface area (Å²) in [6.07, 6.45) is 1.13. The van der Waals surface area contributed by atoms with Gasteiger partial charge < -0.3 is 15.2 Å². The number of benzene rings is 1. The Morgan fingerprint density at radius 3 is 2.83 bits per heavy atom. The molecule has 0 aromatic heterocycles. The smallest absolute Gasteiger partial charge is 0.224 e. The number of hydrogen-bond acceptors (Lipinski definition) is 3. The highest BCUT2D eigenvalue weighted by Crippen LogP contribution is 2.15. The van der Waals surface area contributed by atoms with E-state index < -0.39 is 0 Å². The van der Waals surface area contributed by atoms with Crippen LogP contribution in [-0.4, -0.2) is 37.4 Å². The monoisotopic (exact) mass is 315 g/mol. The molecule has 5 heteroatoms. The molecular formula is C13H18BrNO3. The number of carbonyl (C=O) groups is 1. The van der Waals surface area contributed by atoms with E-state index in [1.165, 1.54) is 0 Å². The maximum Gasteiger partial charge on any atom is 0.224 e. The summed E-state index contributed by atoms with van der Waals surface area (Å²) in [5.74, 6) is 0.00376. The largest absolute Gasteiger partial charge is 0.394 e. The Morgan fingerprint density at radius 2 is 2.11 bits per heavy atom. The Kier molecular flexibility index (Phi) is 7.64. The van der Waals surface area contributed by atoms with E-state index in [-0.39, 0.29) is 12.5 Å². The second-order valence-corrected chi connectivity index (χ2v) is 4.66. The summed E-state index contributed by atoms with van der Waals surface area (Å²) >= 11 is 3.41. The molecule has 0 bridgehead atoms. The number of halogens is 1. The minimum atomic E-state index is 0.00376. The average molecular weight is 316 g/mol. The maximum atomic E-state index is 11.6. The summed E-state index contributed by atoms with van der Waals surface area (Å²) in [6, 6.07) is 7.68. The van der Waals surface area contributed by atoms with Gasteiger partial charge in [-0.05, 0) is 18.1 Å². The quantitative estimate of drug-likeness (QED) is 0.715. The fourth-order valence-electron chi connectivity index (χ4n) is 1.45. The molecule has 0 aliphatic carbocycles. The first-order valence-corrected chi connectivity index (χ1v) is 6.72. The van der Waals surface area contributed by atoms with Gasteiger partial charge >= 0.3 is 0 Å². The Hall–Kier alpha value is -0.910.